The molecule has 0 fully saturated rings. The zero-order chi connectivity index (χ0) is 17.8. The topological polar surface area (TPSA) is 79.9 Å². The fraction of sp³-hybridized carbons (Fsp3) is 0.0500. The van der Waals surface area contributed by atoms with E-state index in [0.29, 0.717) is 17.9 Å². The molecule has 4 rings (SSSR count). The number of hydrogen-bond donors (Lipinski definition) is 2. The van der Waals surface area contributed by atoms with Gasteiger partial charge in [0.1, 0.15) is 5.75 Å². The first-order valence-electron chi connectivity index (χ1n) is 8.18. The zero-order valence-corrected chi connectivity index (χ0v) is 13.8. The number of hydrogen-bond acceptors (Lipinski definition) is 4. The van der Waals surface area contributed by atoms with Gasteiger partial charge in [0.15, 0.2) is 0 Å². The molecular formula is C20H16N4O2. The standard InChI is InChI=1S/C20H16N4O2/c25-19(12-14-13-23-18-5-2-1-4-17(14)18)24-15-6-8-16(9-7-15)26-20-21-10-3-11-22-20/h1-11,13,23H,12H2,(H,24,25). The minimum Gasteiger partial charge on any atom is -0.424 e. The summed E-state index contributed by atoms with van der Waals surface area (Å²) < 4.78 is 5.53. The highest BCUT2D eigenvalue weighted by Crippen LogP contribution is 2.21. The van der Waals surface area contributed by atoms with Crippen LogP contribution in [0.25, 0.3) is 10.9 Å². The maximum atomic E-state index is 12.3. The van der Waals surface area contributed by atoms with Gasteiger partial charge in [-0.1, -0.05) is 18.2 Å². The number of aromatic amines is 1. The van der Waals surface area contributed by atoms with Crippen LogP contribution in [0.5, 0.6) is 11.8 Å². The summed E-state index contributed by atoms with van der Waals surface area (Å²) >= 11 is 0. The average Bonchev–Trinajstić information content (AvgIpc) is 3.07. The molecule has 2 heterocycles. The van der Waals surface area contributed by atoms with Gasteiger partial charge in [-0.25, -0.2) is 9.97 Å². The highest BCUT2D eigenvalue weighted by atomic mass is 16.5. The lowest BCUT2D eigenvalue weighted by Gasteiger charge is -2.07. The molecule has 2 aromatic heterocycles. The number of fused-ring (bicyclic) bond motifs is 1. The second-order valence-electron chi connectivity index (χ2n) is 5.74. The first-order chi connectivity index (χ1) is 12.8. The Morgan fingerprint density at radius 2 is 1.77 bits per heavy atom. The van der Waals surface area contributed by atoms with E-state index in [1.807, 2.05) is 30.5 Å². The van der Waals surface area contributed by atoms with Crippen molar-refractivity contribution in [2.75, 3.05) is 5.32 Å². The van der Waals surface area contributed by atoms with Crippen LogP contribution in [0.4, 0.5) is 5.69 Å². The molecule has 6 nitrogen and oxygen atoms in total. The summed E-state index contributed by atoms with van der Waals surface area (Å²) in [5.74, 6) is 0.528. The molecule has 0 aliphatic rings. The zero-order valence-electron chi connectivity index (χ0n) is 13.8. The van der Waals surface area contributed by atoms with Crippen LogP contribution in [-0.2, 0) is 11.2 Å². The van der Waals surface area contributed by atoms with E-state index in [2.05, 4.69) is 20.3 Å². The Kier molecular flexibility index (Phi) is 4.30. The van der Waals surface area contributed by atoms with Crippen molar-refractivity contribution < 1.29 is 9.53 Å². The van der Waals surface area contributed by atoms with Crippen molar-refractivity contribution in [3.8, 4) is 11.8 Å². The van der Waals surface area contributed by atoms with Gasteiger partial charge in [0, 0.05) is 35.2 Å². The molecule has 0 aliphatic carbocycles. The monoisotopic (exact) mass is 344 g/mol. The van der Waals surface area contributed by atoms with Crippen molar-refractivity contribution in [1.29, 1.82) is 0 Å². The molecule has 2 aromatic carbocycles. The lowest BCUT2D eigenvalue weighted by molar-refractivity contribution is -0.115. The Hall–Kier alpha value is -3.67. The van der Waals surface area contributed by atoms with E-state index in [0.717, 1.165) is 16.5 Å². The van der Waals surface area contributed by atoms with Crippen molar-refractivity contribution in [1.82, 2.24) is 15.0 Å². The van der Waals surface area contributed by atoms with Crippen LogP contribution in [0, 0.1) is 0 Å². The number of H-pyrrole nitrogens is 1. The number of carbonyl (C=O) groups excluding carboxylic acids is 1. The molecule has 0 radical (unpaired) electrons. The van der Waals surface area contributed by atoms with E-state index in [1.165, 1.54) is 0 Å². The van der Waals surface area contributed by atoms with Crippen LogP contribution in [0.2, 0.25) is 0 Å². The molecule has 26 heavy (non-hydrogen) atoms. The van der Waals surface area contributed by atoms with E-state index in [1.54, 1.807) is 42.7 Å². The second kappa shape index (κ2) is 7.06. The predicted octanol–water partition coefficient (Wildman–Crippen LogP) is 3.93. The number of aromatic nitrogens is 3. The smallest absolute Gasteiger partial charge is 0.321 e. The molecule has 6 heteroatoms. The number of benzene rings is 2. The quantitative estimate of drug-likeness (QED) is 0.575. The molecule has 0 aliphatic heterocycles. The maximum Gasteiger partial charge on any atom is 0.321 e. The molecule has 0 bridgehead atoms. The average molecular weight is 344 g/mol. The summed E-state index contributed by atoms with van der Waals surface area (Å²) in [5.41, 5.74) is 2.70. The third-order valence-corrected chi connectivity index (χ3v) is 3.92. The van der Waals surface area contributed by atoms with Gasteiger partial charge >= 0.3 is 6.01 Å². The number of anilines is 1. The fourth-order valence-corrected chi connectivity index (χ4v) is 2.71. The van der Waals surface area contributed by atoms with Crippen LogP contribution in [0.3, 0.4) is 0 Å². The Balaban J connectivity index is 1.40. The normalized spacial score (nSPS) is 10.6. The summed E-state index contributed by atoms with van der Waals surface area (Å²) in [6, 6.07) is 17.0. The van der Waals surface area contributed by atoms with Crippen LogP contribution in [0.15, 0.2) is 73.2 Å². The van der Waals surface area contributed by atoms with E-state index >= 15 is 0 Å². The van der Waals surface area contributed by atoms with E-state index < -0.39 is 0 Å². The third-order valence-electron chi connectivity index (χ3n) is 3.92. The van der Waals surface area contributed by atoms with Crippen LogP contribution < -0.4 is 10.1 Å². The van der Waals surface area contributed by atoms with Crippen LogP contribution in [-0.4, -0.2) is 20.9 Å². The summed E-state index contributed by atoms with van der Waals surface area (Å²) in [6.45, 7) is 0. The number of para-hydroxylation sites is 1. The van der Waals surface area contributed by atoms with Crippen molar-refractivity contribution in [3.63, 3.8) is 0 Å². The molecule has 0 atom stereocenters. The molecule has 128 valence electrons. The van der Waals surface area contributed by atoms with Gasteiger partial charge in [-0.3, -0.25) is 4.79 Å². The Morgan fingerprint density at radius 1 is 1.00 bits per heavy atom. The highest BCUT2D eigenvalue weighted by molar-refractivity contribution is 5.95. The molecular weight excluding hydrogens is 328 g/mol. The van der Waals surface area contributed by atoms with E-state index in [4.69, 9.17) is 4.74 Å². The van der Waals surface area contributed by atoms with E-state index in [9.17, 15) is 4.79 Å². The summed E-state index contributed by atoms with van der Waals surface area (Å²) in [5, 5.41) is 3.96. The molecule has 0 saturated heterocycles. The fourth-order valence-electron chi connectivity index (χ4n) is 2.71. The van der Waals surface area contributed by atoms with E-state index in [-0.39, 0.29) is 11.9 Å². The molecule has 0 unspecified atom stereocenters. The van der Waals surface area contributed by atoms with Crippen molar-refractivity contribution in [3.05, 3.63) is 78.8 Å². The lowest BCUT2D eigenvalue weighted by Crippen LogP contribution is -2.14. The third kappa shape index (κ3) is 3.54. The number of amides is 1. The van der Waals surface area contributed by atoms with Crippen molar-refractivity contribution in [2.45, 2.75) is 6.42 Å². The highest BCUT2D eigenvalue weighted by Gasteiger charge is 2.09. The minimum atomic E-state index is -0.0742. The first-order valence-corrected chi connectivity index (χ1v) is 8.18. The lowest BCUT2D eigenvalue weighted by atomic mass is 10.1. The van der Waals surface area contributed by atoms with Gasteiger partial charge in [-0.2, -0.15) is 0 Å². The number of nitrogens with one attached hydrogen (secondary N) is 2. The molecule has 1 amide bonds. The van der Waals surface area contributed by atoms with Gasteiger partial charge in [0.25, 0.3) is 0 Å². The number of carbonyl (C=O) groups is 1. The van der Waals surface area contributed by atoms with Crippen LogP contribution >= 0.6 is 0 Å². The number of nitrogens with zero attached hydrogens (tertiary/aromatic N) is 2. The Bertz CT molecular complexity index is 1030. The largest absolute Gasteiger partial charge is 0.424 e. The summed E-state index contributed by atoms with van der Waals surface area (Å²) in [7, 11) is 0. The molecule has 0 spiro atoms. The molecule has 0 saturated carbocycles. The maximum absolute atomic E-state index is 12.3. The van der Waals surface area contributed by atoms with Gasteiger partial charge < -0.3 is 15.0 Å². The molecule has 4 aromatic rings. The van der Waals surface area contributed by atoms with Gasteiger partial charge in [-0.15, -0.1) is 0 Å². The van der Waals surface area contributed by atoms with Gasteiger partial charge in [0.2, 0.25) is 5.91 Å². The Labute approximate surface area is 149 Å². The predicted molar refractivity (Wildman–Crippen MR) is 99.2 cm³/mol. The summed E-state index contributed by atoms with van der Waals surface area (Å²) in [6.07, 6.45) is 5.41. The first kappa shape index (κ1) is 15.8. The second-order valence-corrected chi connectivity index (χ2v) is 5.74. The molecule has 2 N–H and O–H groups in total. The Morgan fingerprint density at radius 3 is 2.58 bits per heavy atom. The number of rotatable bonds is 5. The number of ether oxygens (including phenoxy) is 1. The van der Waals surface area contributed by atoms with Gasteiger partial charge in [-0.05, 0) is 42.0 Å². The SMILES string of the molecule is O=C(Cc1c[nH]c2ccccc12)Nc1ccc(Oc2ncccn2)cc1. The minimum absolute atomic E-state index is 0.0742. The van der Waals surface area contributed by atoms with Crippen LogP contribution in [0.1, 0.15) is 5.56 Å². The van der Waals surface area contributed by atoms with Crippen molar-refractivity contribution in [2.24, 2.45) is 0 Å². The van der Waals surface area contributed by atoms with Crippen molar-refractivity contribution >= 4 is 22.5 Å². The summed E-state index contributed by atoms with van der Waals surface area (Å²) in [4.78, 5) is 23.5. The van der Waals surface area contributed by atoms with Gasteiger partial charge in [0.05, 0.1) is 6.42 Å².